The van der Waals surface area contributed by atoms with Crippen molar-refractivity contribution in [1.29, 1.82) is 0 Å². The van der Waals surface area contributed by atoms with Gasteiger partial charge in [0.15, 0.2) is 0 Å². The van der Waals surface area contributed by atoms with Gasteiger partial charge in [0.05, 0.1) is 26.4 Å². The SMILES string of the molecule is COCCN(CCOC)c1ccc(Cc2ccc(N(CCOC)CCOC)cc2C)c(C)c1. The van der Waals surface area contributed by atoms with Crippen molar-refractivity contribution in [2.75, 3.05) is 90.8 Å². The minimum absolute atomic E-state index is 0.696. The third-order valence-electron chi connectivity index (χ3n) is 6.02. The Bertz CT molecular complexity index is 744. The van der Waals surface area contributed by atoms with Crippen LogP contribution in [0, 0.1) is 13.8 Å². The summed E-state index contributed by atoms with van der Waals surface area (Å²) in [7, 11) is 6.96. The molecule has 184 valence electrons. The van der Waals surface area contributed by atoms with Crippen LogP contribution in [0.5, 0.6) is 0 Å². The first kappa shape index (κ1) is 27.1. The Labute approximate surface area is 200 Å². The van der Waals surface area contributed by atoms with Gasteiger partial charge < -0.3 is 28.7 Å². The van der Waals surface area contributed by atoms with E-state index in [-0.39, 0.29) is 0 Å². The van der Waals surface area contributed by atoms with Crippen molar-refractivity contribution in [3.8, 4) is 0 Å². The monoisotopic (exact) mass is 458 g/mol. The summed E-state index contributed by atoms with van der Waals surface area (Å²) in [6, 6.07) is 13.5. The van der Waals surface area contributed by atoms with Crippen LogP contribution in [0.3, 0.4) is 0 Å². The largest absolute Gasteiger partial charge is 0.383 e. The highest BCUT2D eigenvalue weighted by Crippen LogP contribution is 2.25. The molecule has 0 unspecified atom stereocenters. The molecule has 2 rings (SSSR count). The van der Waals surface area contributed by atoms with Crippen LogP contribution < -0.4 is 9.80 Å². The van der Waals surface area contributed by atoms with Crippen molar-refractivity contribution in [2.45, 2.75) is 20.3 Å². The van der Waals surface area contributed by atoms with Gasteiger partial charge in [0.2, 0.25) is 0 Å². The zero-order valence-electron chi connectivity index (χ0n) is 21.4. The van der Waals surface area contributed by atoms with E-state index < -0.39 is 0 Å². The molecule has 0 aliphatic heterocycles. The van der Waals surface area contributed by atoms with Gasteiger partial charge in [-0.2, -0.15) is 0 Å². The minimum atomic E-state index is 0.696. The Morgan fingerprint density at radius 1 is 0.545 bits per heavy atom. The highest BCUT2D eigenvalue weighted by molar-refractivity contribution is 5.54. The molecule has 0 aliphatic carbocycles. The van der Waals surface area contributed by atoms with Gasteiger partial charge in [-0.15, -0.1) is 0 Å². The van der Waals surface area contributed by atoms with Gasteiger partial charge >= 0.3 is 0 Å². The lowest BCUT2D eigenvalue weighted by atomic mass is 9.96. The molecule has 0 N–H and O–H groups in total. The number of hydrogen-bond acceptors (Lipinski definition) is 6. The Morgan fingerprint density at radius 3 is 1.15 bits per heavy atom. The average molecular weight is 459 g/mol. The van der Waals surface area contributed by atoms with E-state index in [2.05, 4.69) is 60.0 Å². The lowest BCUT2D eigenvalue weighted by molar-refractivity contribution is 0.190. The van der Waals surface area contributed by atoms with Crippen LogP contribution in [0.2, 0.25) is 0 Å². The van der Waals surface area contributed by atoms with Gasteiger partial charge in [0.25, 0.3) is 0 Å². The highest BCUT2D eigenvalue weighted by Gasteiger charge is 2.12. The van der Waals surface area contributed by atoms with Gasteiger partial charge in [-0.1, -0.05) is 12.1 Å². The molecule has 0 aromatic heterocycles. The Hall–Kier alpha value is -2.12. The molecule has 0 fully saturated rings. The summed E-state index contributed by atoms with van der Waals surface area (Å²) < 4.78 is 21.2. The van der Waals surface area contributed by atoms with E-state index in [4.69, 9.17) is 18.9 Å². The number of rotatable bonds is 16. The lowest BCUT2D eigenvalue weighted by Gasteiger charge is -2.26. The summed E-state index contributed by atoms with van der Waals surface area (Å²) in [5, 5.41) is 0. The molecule has 0 amide bonds. The minimum Gasteiger partial charge on any atom is -0.383 e. The maximum absolute atomic E-state index is 5.29. The fourth-order valence-corrected chi connectivity index (χ4v) is 3.90. The number of methoxy groups -OCH3 is 4. The van der Waals surface area contributed by atoms with Crippen LogP contribution >= 0.6 is 0 Å². The molecule has 0 saturated heterocycles. The molecule has 6 nitrogen and oxygen atoms in total. The standard InChI is InChI=1S/C27H42N2O4/c1-22-19-26(28(11-15-30-3)12-16-31-4)9-7-24(22)21-25-8-10-27(20-23(25)2)29(13-17-32-5)14-18-33-6/h7-10,19-20H,11-18,21H2,1-6H3. The summed E-state index contributed by atoms with van der Waals surface area (Å²) >= 11 is 0. The number of anilines is 2. The summed E-state index contributed by atoms with van der Waals surface area (Å²) in [6.45, 7) is 10.6. The summed E-state index contributed by atoms with van der Waals surface area (Å²) in [5.74, 6) is 0. The van der Waals surface area contributed by atoms with Crippen LogP contribution in [0.4, 0.5) is 11.4 Å². The first-order valence-electron chi connectivity index (χ1n) is 11.7. The maximum atomic E-state index is 5.29. The first-order chi connectivity index (χ1) is 16.0. The zero-order valence-corrected chi connectivity index (χ0v) is 21.4. The smallest absolute Gasteiger partial charge is 0.0637 e. The summed E-state index contributed by atoms with van der Waals surface area (Å²) in [6.07, 6.45) is 0.921. The van der Waals surface area contributed by atoms with Gasteiger partial charge in [-0.3, -0.25) is 0 Å². The third kappa shape index (κ3) is 8.63. The molecule has 0 spiro atoms. The highest BCUT2D eigenvalue weighted by atomic mass is 16.5. The second-order valence-corrected chi connectivity index (χ2v) is 8.34. The molecular formula is C27H42N2O4. The van der Waals surface area contributed by atoms with E-state index in [0.717, 1.165) is 32.6 Å². The maximum Gasteiger partial charge on any atom is 0.0637 e. The fraction of sp³-hybridized carbons (Fsp3) is 0.556. The number of nitrogens with zero attached hydrogens (tertiary/aromatic N) is 2. The van der Waals surface area contributed by atoms with Crippen molar-refractivity contribution >= 4 is 11.4 Å². The fourth-order valence-electron chi connectivity index (χ4n) is 3.90. The molecule has 0 aliphatic rings. The number of hydrogen-bond donors (Lipinski definition) is 0. The molecule has 2 aromatic carbocycles. The second kappa shape index (κ2) is 14.9. The van der Waals surface area contributed by atoms with Gasteiger partial charge in [0.1, 0.15) is 0 Å². The molecule has 0 radical (unpaired) electrons. The number of aryl methyl sites for hydroxylation is 2. The van der Waals surface area contributed by atoms with E-state index in [1.807, 2.05) is 0 Å². The average Bonchev–Trinajstić information content (AvgIpc) is 2.82. The normalized spacial score (nSPS) is 11.1. The van der Waals surface area contributed by atoms with Crippen molar-refractivity contribution in [3.05, 3.63) is 58.7 Å². The number of benzene rings is 2. The van der Waals surface area contributed by atoms with Gasteiger partial charge in [-0.25, -0.2) is 0 Å². The van der Waals surface area contributed by atoms with Crippen molar-refractivity contribution in [3.63, 3.8) is 0 Å². The zero-order chi connectivity index (χ0) is 24.1. The Morgan fingerprint density at radius 2 is 0.879 bits per heavy atom. The molecule has 0 atom stereocenters. The lowest BCUT2D eigenvalue weighted by Crippen LogP contribution is -2.30. The third-order valence-corrected chi connectivity index (χ3v) is 6.02. The molecule has 0 heterocycles. The van der Waals surface area contributed by atoms with Crippen LogP contribution in [0.25, 0.3) is 0 Å². The topological polar surface area (TPSA) is 43.4 Å². The van der Waals surface area contributed by atoms with Crippen LogP contribution in [-0.2, 0) is 25.4 Å². The van der Waals surface area contributed by atoms with E-state index >= 15 is 0 Å². The van der Waals surface area contributed by atoms with Crippen LogP contribution in [0.15, 0.2) is 36.4 Å². The second-order valence-electron chi connectivity index (χ2n) is 8.34. The van der Waals surface area contributed by atoms with Crippen LogP contribution in [0.1, 0.15) is 22.3 Å². The van der Waals surface area contributed by atoms with Crippen molar-refractivity contribution in [2.24, 2.45) is 0 Å². The quantitative estimate of drug-likeness (QED) is 0.377. The summed E-state index contributed by atoms with van der Waals surface area (Å²) in [4.78, 5) is 4.64. The number of ether oxygens (including phenoxy) is 4. The Kier molecular flexibility index (Phi) is 12.3. The molecule has 2 aromatic rings. The predicted octanol–water partition coefficient (Wildman–Crippen LogP) is 4.09. The van der Waals surface area contributed by atoms with Crippen molar-refractivity contribution < 1.29 is 18.9 Å². The molecular weight excluding hydrogens is 416 g/mol. The summed E-state index contributed by atoms with van der Waals surface area (Å²) in [5.41, 5.74) is 7.73. The van der Waals surface area contributed by atoms with Gasteiger partial charge in [0, 0.05) is 66.0 Å². The van der Waals surface area contributed by atoms with E-state index in [9.17, 15) is 0 Å². The first-order valence-corrected chi connectivity index (χ1v) is 11.7. The molecule has 33 heavy (non-hydrogen) atoms. The molecule has 0 saturated carbocycles. The van der Waals surface area contributed by atoms with Crippen LogP contribution in [-0.4, -0.2) is 81.0 Å². The van der Waals surface area contributed by atoms with E-state index in [1.54, 1.807) is 28.4 Å². The van der Waals surface area contributed by atoms with Crippen molar-refractivity contribution in [1.82, 2.24) is 0 Å². The molecule has 6 heteroatoms. The van der Waals surface area contributed by atoms with E-state index in [0.29, 0.717) is 26.4 Å². The predicted molar refractivity (Wildman–Crippen MR) is 137 cm³/mol. The molecule has 0 bridgehead atoms. The van der Waals surface area contributed by atoms with E-state index in [1.165, 1.54) is 33.6 Å². The Balaban J connectivity index is 2.15. The van der Waals surface area contributed by atoms with Gasteiger partial charge in [-0.05, 0) is 66.8 Å².